The molecule has 1 aliphatic rings. The number of nitrogens with zero attached hydrogens (tertiary/aromatic N) is 4. The predicted molar refractivity (Wildman–Crippen MR) is 108 cm³/mol. The zero-order chi connectivity index (χ0) is 20.2. The van der Waals surface area contributed by atoms with Crippen molar-refractivity contribution in [3.63, 3.8) is 0 Å². The minimum absolute atomic E-state index is 0.0689. The molecule has 4 rings (SSSR count). The van der Waals surface area contributed by atoms with Crippen LogP contribution < -0.4 is 10.1 Å². The second-order valence-electron chi connectivity index (χ2n) is 6.52. The van der Waals surface area contributed by atoms with Crippen LogP contribution in [0.25, 0.3) is 0 Å². The average molecular weight is 409 g/mol. The SMILES string of the molecule is COc1ccc(CC(=O)N2CCc3nc(NC(=O)c4cnccn4)sc3C2)cc1. The lowest BCUT2D eigenvalue weighted by Gasteiger charge is -2.26. The zero-order valence-corrected chi connectivity index (χ0v) is 16.6. The summed E-state index contributed by atoms with van der Waals surface area (Å²) in [7, 11) is 1.62. The third kappa shape index (κ3) is 4.40. The normalized spacial score (nSPS) is 12.9. The van der Waals surface area contributed by atoms with E-state index in [1.807, 2.05) is 29.2 Å². The number of methoxy groups -OCH3 is 1. The van der Waals surface area contributed by atoms with E-state index in [1.54, 1.807) is 7.11 Å². The molecule has 0 radical (unpaired) electrons. The maximum atomic E-state index is 12.7. The third-order valence-corrected chi connectivity index (χ3v) is 5.61. The molecular formula is C20H19N5O3S. The molecule has 2 amide bonds. The first-order valence-electron chi connectivity index (χ1n) is 9.09. The minimum atomic E-state index is -0.350. The molecular weight excluding hydrogens is 390 g/mol. The number of aromatic nitrogens is 3. The number of thiazole rings is 1. The van der Waals surface area contributed by atoms with Crippen LogP contribution >= 0.6 is 11.3 Å². The highest BCUT2D eigenvalue weighted by atomic mass is 32.1. The molecule has 29 heavy (non-hydrogen) atoms. The summed E-state index contributed by atoms with van der Waals surface area (Å²) in [5, 5.41) is 3.27. The van der Waals surface area contributed by atoms with Gasteiger partial charge in [0.15, 0.2) is 5.13 Å². The van der Waals surface area contributed by atoms with E-state index in [0.29, 0.717) is 31.1 Å². The van der Waals surface area contributed by atoms with Crippen LogP contribution in [0, 0.1) is 0 Å². The average Bonchev–Trinajstić information content (AvgIpc) is 3.16. The van der Waals surface area contributed by atoms with Crippen LogP contribution in [0.2, 0.25) is 0 Å². The van der Waals surface area contributed by atoms with Gasteiger partial charge in [-0.2, -0.15) is 0 Å². The summed E-state index contributed by atoms with van der Waals surface area (Å²) in [4.78, 5) is 40.1. The van der Waals surface area contributed by atoms with Crippen LogP contribution in [0.15, 0.2) is 42.9 Å². The second-order valence-corrected chi connectivity index (χ2v) is 7.61. The van der Waals surface area contributed by atoms with Gasteiger partial charge in [0.1, 0.15) is 11.4 Å². The van der Waals surface area contributed by atoms with Crippen LogP contribution in [0.4, 0.5) is 5.13 Å². The molecule has 0 saturated heterocycles. The van der Waals surface area contributed by atoms with Gasteiger partial charge in [-0.15, -0.1) is 0 Å². The molecule has 0 bridgehead atoms. The monoisotopic (exact) mass is 409 g/mol. The molecule has 0 atom stereocenters. The molecule has 1 aromatic carbocycles. The molecule has 148 valence electrons. The van der Waals surface area contributed by atoms with Gasteiger partial charge in [-0.1, -0.05) is 23.5 Å². The first-order valence-corrected chi connectivity index (χ1v) is 9.90. The van der Waals surface area contributed by atoms with E-state index in [2.05, 4.69) is 20.3 Å². The van der Waals surface area contributed by atoms with E-state index in [1.165, 1.54) is 29.9 Å². The molecule has 0 unspecified atom stereocenters. The second kappa shape index (κ2) is 8.36. The van der Waals surface area contributed by atoms with E-state index in [0.717, 1.165) is 21.9 Å². The number of hydrogen-bond donors (Lipinski definition) is 1. The molecule has 0 saturated carbocycles. The maximum Gasteiger partial charge on any atom is 0.277 e. The van der Waals surface area contributed by atoms with Gasteiger partial charge in [0.05, 0.1) is 32.0 Å². The van der Waals surface area contributed by atoms with Gasteiger partial charge in [-0.3, -0.25) is 19.9 Å². The number of nitrogens with one attached hydrogen (secondary N) is 1. The van der Waals surface area contributed by atoms with Crippen molar-refractivity contribution in [3.05, 3.63) is 64.7 Å². The van der Waals surface area contributed by atoms with E-state index in [4.69, 9.17) is 4.74 Å². The Labute approximate surface area is 171 Å². The Morgan fingerprint density at radius 2 is 2.07 bits per heavy atom. The quantitative estimate of drug-likeness (QED) is 0.695. The summed E-state index contributed by atoms with van der Waals surface area (Å²) in [5.41, 5.74) is 2.11. The summed E-state index contributed by atoms with van der Waals surface area (Å²) in [6.07, 6.45) is 5.39. The lowest BCUT2D eigenvalue weighted by atomic mass is 10.1. The van der Waals surface area contributed by atoms with Crippen LogP contribution in [0.1, 0.15) is 26.6 Å². The molecule has 1 aliphatic heterocycles. The number of benzene rings is 1. The van der Waals surface area contributed by atoms with Gasteiger partial charge in [-0.25, -0.2) is 9.97 Å². The topological polar surface area (TPSA) is 97.3 Å². The fraction of sp³-hybridized carbons (Fsp3) is 0.250. The lowest BCUT2D eigenvalue weighted by Crippen LogP contribution is -2.36. The number of rotatable bonds is 5. The summed E-state index contributed by atoms with van der Waals surface area (Å²) in [6.45, 7) is 1.12. The first-order chi connectivity index (χ1) is 14.1. The van der Waals surface area contributed by atoms with Gasteiger partial charge in [0, 0.05) is 30.2 Å². The van der Waals surface area contributed by atoms with Crippen molar-refractivity contribution in [1.29, 1.82) is 0 Å². The Bertz CT molecular complexity index is 1020. The van der Waals surface area contributed by atoms with E-state index in [9.17, 15) is 9.59 Å². The number of carbonyl (C=O) groups excluding carboxylic acids is 2. The highest BCUT2D eigenvalue weighted by Gasteiger charge is 2.25. The summed E-state index contributed by atoms with van der Waals surface area (Å²) < 4.78 is 5.15. The fourth-order valence-corrected chi connectivity index (χ4v) is 4.09. The number of ether oxygens (including phenoxy) is 1. The minimum Gasteiger partial charge on any atom is -0.497 e. The largest absolute Gasteiger partial charge is 0.497 e. The molecule has 1 N–H and O–H groups in total. The lowest BCUT2D eigenvalue weighted by molar-refractivity contribution is -0.131. The third-order valence-electron chi connectivity index (χ3n) is 4.61. The summed E-state index contributed by atoms with van der Waals surface area (Å²) in [6, 6.07) is 7.51. The number of anilines is 1. The fourth-order valence-electron chi connectivity index (χ4n) is 3.07. The Morgan fingerprint density at radius 3 is 2.79 bits per heavy atom. The van der Waals surface area contributed by atoms with Crippen LogP contribution in [0.3, 0.4) is 0 Å². The van der Waals surface area contributed by atoms with Crippen molar-refractivity contribution < 1.29 is 14.3 Å². The number of carbonyl (C=O) groups is 2. The van der Waals surface area contributed by atoms with Crippen molar-refractivity contribution in [3.8, 4) is 5.75 Å². The van der Waals surface area contributed by atoms with Crippen molar-refractivity contribution in [2.75, 3.05) is 19.0 Å². The summed E-state index contributed by atoms with van der Waals surface area (Å²) >= 11 is 1.39. The van der Waals surface area contributed by atoms with Crippen LogP contribution in [0.5, 0.6) is 5.75 Å². The zero-order valence-electron chi connectivity index (χ0n) is 15.8. The maximum absolute atomic E-state index is 12.7. The first kappa shape index (κ1) is 19.0. The van der Waals surface area contributed by atoms with Crippen molar-refractivity contribution in [1.82, 2.24) is 19.9 Å². The molecule has 3 heterocycles. The van der Waals surface area contributed by atoms with Crippen molar-refractivity contribution >= 4 is 28.3 Å². The Hall–Kier alpha value is -3.33. The standard InChI is InChI=1S/C20H19N5O3S/c1-28-14-4-2-13(3-5-14)10-18(26)25-9-6-15-17(12-25)29-20(23-15)24-19(27)16-11-21-7-8-22-16/h2-5,7-8,11H,6,9-10,12H2,1H3,(H,23,24,27). The highest BCUT2D eigenvalue weighted by molar-refractivity contribution is 7.15. The number of fused-ring (bicyclic) bond motifs is 1. The molecule has 3 aromatic rings. The van der Waals surface area contributed by atoms with E-state index >= 15 is 0 Å². The molecule has 9 heteroatoms. The van der Waals surface area contributed by atoms with E-state index in [-0.39, 0.29) is 17.5 Å². The molecule has 8 nitrogen and oxygen atoms in total. The van der Waals surface area contributed by atoms with Crippen molar-refractivity contribution in [2.24, 2.45) is 0 Å². The van der Waals surface area contributed by atoms with Gasteiger partial charge >= 0.3 is 0 Å². The molecule has 2 aromatic heterocycles. The number of amides is 2. The van der Waals surface area contributed by atoms with Gasteiger partial charge in [0.25, 0.3) is 5.91 Å². The molecule has 0 fully saturated rings. The summed E-state index contributed by atoms with van der Waals surface area (Å²) in [5.74, 6) is 0.487. The Morgan fingerprint density at radius 1 is 1.24 bits per heavy atom. The number of hydrogen-bond acceptors (Lipinski definition) is 7. The Kier molecular flexibility index (Phi) is 5.48. The van der Waals surface area contributed by atoms with Gasteiger partial charge in [-0.05, 0) is 17.7 Å². The van der Waals surface area contributed by atoms with Crippen LogP contribution in [-0.2, 0) is 24.2 Å². The highest BCUT2D eigenvalue weighted by Crippen LogP contribution is 2.29. The predicted octanol–water partition coefficient (Wildman–Crippen LogP) is 2.32. The van der Waals surface area contributed by atoms with Crippen LogP contribution in [-0.4, -0.2) is 45.3 Å². The molecule has 0 aliphatic carbocycles. The molecule has 0 spiro atoms. The Balaban J connectivity index is 1.39. The van der Waals surface area contributed by atoms with Crippen molar-refractivity contribution in [2.45, 2.75) is 19.4 Å². The van der Waals surface area contributed by atoms with E-state index < -0.39 is 0 Å². The van der Waals surface area contributed by atoms with Gasteiger partial charge < -0.3 is 9.64 Å². The smallest absolute Gasteiger partial charge is 0.277 e. The van der Waals surface area contributed by atoms with Gasteiger partial charge in [0.2, 0.25) is 5.91 Å².